The molecule has 102 valence electrons. The second kappa shape index (κ2) is 4.67. The van der Waals surface area contributed by atoms with E-state index in [1.54, 1.807) is 0 Å². The van der Waals surface area contributed by atoms with Gasteiger partial charge in [-0.15, -0.1) is 0 Å². The van der Waals surface area contributed by atoms with Gasteiger partial charge in [0.05, 0.1) is 11.6 Å². The van der Waals surface area contributed by atoms with Crippen LogP contribution in [0.5, 0.6) is 0 Å². The third-order valence-corrected chi connectivity index (χ3v) is 4.06. The van der Waals surface area contributed by atoms with E-state index in [2.05, 4.69) is 31.1 Å². The number of pyridine rings is 1. The van der Waals surface area contributed by atoms with Crippen LogP contribution in [0.15, 0.2) is 30.9 Å². The predicted octanol–water partition coefficient (Wildman–Crippen LogP) is 2.94. The van der Waals surface area contributed by atoms with E-state index in [-0.39, 0.29) is 0 Å². The van der Waals surface area contributed by atoms with Gasteiger partial charge in [-0.2, -0.15) is 5.10 Å². The molecule has 0 saturated carbocycles. The van der Waals surface area contributed by atoms with E-state index < -0.39 is 0 Å². The first kappa shape index (κ1) is 11.5. The fourth-order valence-electron chi connectivity index (χ4n) is 3.06. The molecular weight excluding hydrogens is 250 g/mol. The summed E-state index contributed by atoms with van der Waals surface area (Å²) in [4.78, 5) is 10.2. The second-order valence-corrected chi connectivity index (χ2v) is 5.29. The molecular formula is C15H17N5. The number of hydrogen-bond acceptors (Lipinski definition) is 3. The number of aromatic nitrogens is 4. The average Bonchev–Trinajstić information content (AvgIpc) is 3.16. The minimum Gasteiger partial charge on any atom is -0.371 e. The lowest BCUT2D eigenvalue weighted by Crippen LogP contribution is -2.29. The summed E-state index contributed by atoms with van der Waals surface area (Å²) in [6.45, 7) is 2.27. The molecule has 1 aliphatic rings. The van der Waals surface area contributed by atoms with E-state index in [0.717, 1.165) is 24.3 Å². The van der Waals surface area contributed by atoms with Crippen molar-refractivity contribution in [2.24, 2.45) is 0 Å². The Labute approximate surface area is 117 Å². The van der Waals surface area contributed by atoms with Crippen LogP contribution in [-0.4, -0.2) is 33.3 Å². The summed E-state index contributed by atoms with van der Waals surface area (Å²) >= 11 is 0. The first-order chi connectivity index (χ1) is 9.93. The van der Waals surface area contributed by atoms with Gasteiger partial charge in [-0.1, -0.05) is 0 Å². The van der Waals surface area contributed by atoms with E-state index >= 15 is 0 Å². The number of fused-ring (bicyclic) bond motifs is 1. The number of nitrogens with zero attached hydrogens (tertiary/aromatic N) is 3. The van der Waals surface area contributed by atoms with E-state index in [9.17, 15) is 0 Å². The summed E-state index contributed by atoms with van der Waals surface area (Å²) in [7, 11) is 0. The van der Waals surface area contributed by atoms with Gasteiger partial charge in [0.25, 0.3) is 0 Å². The standard InChI is InChI=1S/C15H17N5/c1-2-6-20(7-3-1)13-4-5-16-15-14(13)12(10-17-15)11-8-18-19-9-11/h4-5,8-10H,1-3,6-7H2,(H,16,17)(H,18,19). The number of H-pyrrole nitrogens is 2. The van der Waals surface area contributed by atoms with Gasteiger partial charge in [0.1, 0.15) is 5.65 Å². The number of rotatable bonds is 2. The number of anilines is 1. The second-order valence-electron chi connectivity index (χ2n) is 5.29. The van der Waals surface area contributed by atoms with Crippen molar-refractivity contribution in [3.63, 3.8) is 0 Å². The lowest BCUT2D eigenvalue weighted by atomic mass is 10.1. The van der Waals surface area contributed by atoms with Gasteiger partial charge in [0, 0.05) is 48.5 Å². The molecule has 3 aromatic rings. The molecule has 1 fully saturated rings. The van der Waals surface area contributed by atoms with Crippen molar-refractivity contribution in [2.75, 3.05) is 18.0 Å². The lowest BCUT2D eigenvalue weighted by molar-refractivity contribution is 0.579. The molecule has 3 aromatic heterocycles. The van der Waals surface area contributed by atoms with Gasteiger partial charge in [-0.3, -0.25) is 5.10 Å². The van der Waals surface area contributed by atoms with Gasteiger partial charge >= 0.3 is 0 Å². The highest BCUT2D eigenvalue weighted by Gasteiger charge is 2.18. The summed E-state index contributed by atoms with van der Waals surface area (Å²) in [5.74, 6) is 0. The Hall–Kier alpha value is -2.30. The van der Waals surface area contributed by atoms with E-state index in [1.165, 1.54) is 35.9 Å². The maximum Gasteiger partial charge on any atom is 0.139 e. The van der Waals surface area contributed by atoms with Crippen molar-refractivity contribution in [1.82, 2.24) is 20.2 Å². The molecule has 0 spiro atoms. The van der Waals surface area contributed by atoms with E-state index in [1.807, 2.05) is 24.8 Å². The third-order valence-electron chi connectivity index (χ3n) is 4.06. The summed E-state index contributed by atoms with van der Waals surface area (Å²) in [6, 6.07) is 2.13. The SMILES string of the molecule is c1cc(N2CCCCC2)c2c(-c3cn[nH]c3)c[nH]c2n1. The van der Waals surface area contributed by atoms with Crippen LogP contribution in [0.25, 0.3) is 22.2 Å². The molecule has 1 aliphatic heterocycles. The van der Waals surface area contributed by atoms with Crippen molar-refractivity contribution >= 4 is 16.7 Å². The molecule has 5 heteroatoms. The van der Waals surface area contributed by atoms with Crippen molar-refractivity contribution in [2.45, 2.75) is 19.3 Å². The Kier molecular flexibility index (Phi) is 2.69. The molecule has 2 N–H and O–H groups in total. The molecule has 0 aromatic carbocycles. The van der Waals surface area contributed by atoms with Crippen LogP contribution in [0.3, 0.4) is 0 Å². The normalized spacial score (nSPS) is 15.9. The van der Waals surface area contributed by atoms with Gasteiger partial charge in [0.15, 0.2) is 0 Å². The molecule has 4 rings (SSSR count). The fraction of sp³-hybridized carbons (Fsp3) is 0.333. The largest absolute Gasteiger partial charge is 0.371 e. The summed E-state index contributed by atoms with van der Waals surface area (Å²) in [5.41, 5.74) is 4.50. The molecule has 0 atom stereocenters. The summed E-state index contributed by atoms with van der Waals surface area (Å²) < 4.78 is 0. The minimum absolute atomic E-state index is 0.948. The molecule has 0 aliphatic carbocycles. The van der Waals surface area contributed by atoms with Crippen molar-refractivity contribution < 1.29 is 0 Å². The Morgan fingerprint density at radius 1 is 1.10 bits per heavy atom. The molecule has 0 amide bonds. The van der Waals surface area contributed by atoms with Crippen molar-refractivity contribution in [3.8, 4) is 11.1 Å². The van der Waals surface area contributed by atoms with Crippen molar-refractivity contribution in [1.29, 1.82) is 0 Å². The van der Waals surface area contributed by atoms with Gasteiger partial charge in [-0.05, 0) is 25.3 Å². The highest BCUT2D eigenvalue weighted by Crippen LogP contribution is 2.35. The van der Waals surface area contributed by atoms with Crippen LogP contribution >= 0.6 is 0 Å². The Bertz CT molecular complexity index is 707. The van der Waals surface area contributed by atoms with Crippen LogP contribution in [-0.2, 0) is 0 Å². The molecule has 5 nitrogen and oxygen atoms in total. The average molecular weight is 267 g/mol. The Balaban J connectivity index is 1.89. The molecule has 0 radical (unpaired) electrons. The number of piperidine rings is 1. The zero-order valence-corrected chi connectivity index (χ0v) is 11.3. The maximum absolute atomic E-state index is 4.45. The quantitative estimate of drug-likeness (QED) is 0.750. The van der Waals surface area contributed by atoms with Crippen LogP contribution in [0.4, 0.5) is 5.69 Å². The molecule has 0 bridgehead atoms. The van der Waals surface area contributed by atoms with Crippen LogP contribution < -0.4 is 4.90 Å². The number of nitrogens with one attached hydrogen (secondary N) is 2. The Morgan fingerprint density at radius 3 is 2.80 bits per heavy atom. The zero-order valence-electron chi connectivity index (χ0n) is 11.3. The first-order valence-corrected chi connectivity index (χ1v) is 7.14. The maximum atomic E-state index is 4.45. The fourth-order valence-corrected chi connectivity index (χ4v) is 3.06. The molecule has 4 heterocycles. The number of hydrogen-bond donors (Lipinski definition) is 2. The third kappa shape index (κ3) is 1.78. The van der Waals surface area contributed by atoms with Gasteiger partial charge < -0.3 is 9.88 Å². The molecule has 20 heavy (non-hydrogen) atoms. The smallest absolute Gasteiger partial charge is 0.139 e. The van der Waals surface area contributed by atoms with Crippen LogP contribution in [0.2, 0.25) is 0 Å². The zero-order chi connectivity index (χ0) is 13.4. The van der Waals surface area contributed by atoms with E-state index in [4.69, 9.17) is 0 Å². The summed E-state index contributed by atoms with van der Waals surface area (Å²) in [5, 5.41) is 8.14. The van der Waals surface area contributed by atoms with Gasteiger partial charge in [-0.25, -0.2) is 4.98 Å². The molecule has 0 unspecified atom stereocenters. The van der Waals surface area contributed by atoms with Crippen molar-refractivity contribution in [3.05, 3.63) is 30.9 Å². The topological polar surface area (TPSA) is 60.6 Å². The van der Waals surface area contributed by atoms with Crippen LogP contribution in [0.1, 0.15) is 19.3 Å². The van der Waals surface area contributed by atoms with Crippen LogP contribution in [0, 0.1) is 0 Å². The molecule has 1 saturated heterocycles. The number of aromatic amines is 2. The predicted molar refractivity (Wildman–Crippen MR) is 79.7 cm³/mol. The first-order valence-electron chi connectivity index (χ1n) is 7.14. The minimum atomic E-state index is 0.948. The highest BCUT2D eigenvalue weighted by molar-refractivity contribution is 6.02. The monoisotopic (exact) mass is 267 g/mol. The van der Waals surface area contributed by atoms with Gasteiger partial charge in [0.2, 0.25) is 0 Å². The lowest BCUT2D eigenvalue weighted by Gasteiger charge is -2.29. The highest BCUT2D eigenvalue weighted by atomic mass is 15.1. The van der Waals surface area contributed by atoms with E-state index in [0.29, 0.717) is 0 Å². The Morgan fingerprint density at radius 2 is 2.00 bits per heavy atom. The summed E-state index contributed by atoms with van der Waals surface area (Å²) in [6.07, 6.45) is 11.6.